The van der Waals surface area contributed by atoms with Gasteiger partial charge in [-0.25, -0.2) is 0 Å². The Hall–Kier alpha value is -0.770. The summed E-state index contributed by atoms with van der Waals surface area (Å²) < 4.78 is 0. The van der Waals surface area contributed by atoms with Gasteiger partial charge in [-0.3, -0.25) is 4.99 Å². The van der Waals surface area contributed by atoms with Crippen molar-refractivity contribution in [2.45, 2.75) is 39.7 Å². The summed E-state index contributed by atoms with van der Waals surface area (Å²) in [5.74, 6) is 0.974. The summed E-state index contributed by atoms with van der Waals surface area (Å²) in [5.41, 5.74) is 0.218. The molecule has 0 aromatic carbocycles. The van der Waals surface area contributed by atoms with E-state index in [9.17, 15) is 0 Å². The summed E-state index contributed by atoms with van der Waals surface area (Å²) in [6.07, 6.45) is 2.57. The van der Waals surface area contributed by atoms with E-state index in [4.69, 9.17) is 0 Å². The van der Waals surface area contributed by atoms with Crippen LogP contribution in [0.25, 0.3) is 0 Å². The number of nitrogens with one attached hydrogen (secondary N) is 2. The molecular formula is C13H28N4. The van der Waals surface area contributed by atoms with E-state index in [1.165, 1.54) is 12.8 Å². The van der Waals surface area contributed by atoms with Crippen LogP contribution < -0.4 is 10.6 Å². The molecule has 0 radical (unpaired) electrons. The Morgan fingerprint density at radius 1 is 1.35 bits per heavy atom. The summed E-state index contributed by atoms with van der Waals surface area (Å²) in [4.78, 5) is 6.91. The van der Waals surface area contributed by atoms with Gasteiger partial charge >= 0.3 is 0 Å². The molecule has 1 saturated carbocycles. The normalized spacial score (nSPS) is 17.4. The summed E-state index contributed by atoms with van der Waals surface area (Å²) in [5, 5.41) is 6.75. The Labute approximate surface area is 106 Å². The van der Waals surface area contributed by atoms with Crippen LogP contribution in [0.1, 0.15) is 33.6 Å². The van der Waals surface area contributed by atoms with Crippen molar-refractivity contribution >= 4 is 5.96 Å². The minimum absolute atomic E-state index is 0.218. The molecule has 17 heavy (non-hydrogen) atoms. The Kier molecular flexibility index (Phi) is 5.25. The minimum Gasteiger partial charge on any atom is -0.357 e. The van der Waals surface area contributed by atoms with E-state index in [2.05, 4.69) is 55.4 Å². The number of hydrogen-bond acceptors (Lipinski definition) is 2. The third-order valence-electron chi connectivity index (χ3n) is 2.67. The number of guanidine groups is 1. The predicted molar refractivity (Wildman–Crippen MR) is 74.5 cm³/mol. The maximum atomic E-state index is 4.69. The Morgan fingerprint density at radius 2 is 2.00 bits per heavy atom. The summed E-state index contributed by atoms with van der Waals surface area (Å²) in [7, 11) is 4.22. The molecule has 4 heteroatoms. The van der Waals surface area contributed by atoms with Gasteiger partial charge in [0, 0.05) is 25.7 Å². The van der Waals surface area contributed by atoms with Gasteiger partial charge in [-0.15, -0.1) is 0 Å². The van der Waals surface area contributed by atoms with Gasteiger partial charge in [-0.1, -0.05) is 13.8 Å². The molecule has 1 fully saturated rings. The largest absolute Gasteiger partial charge is 0.357 e. The van der Waals surface area contributed by atoms with Crippen molar-refractivity contribution in [3.63, 3.8) is 0 Å². The SMILES string of the molecule is CCNC(=NCC(C)(C)CN(C)C)NC1CC1. The van der Waals surface area contributed by atoms with Crippen LogP contribution in [-0.2, 0) is 0 Å². The third-order valence-corrected chi connectivity index (χ3v) is 2.67. The van der Waals surface area contributed by atoms with Crippen LogP contribution in [0, 0.1) is 5.41 Å². The number of hydrogen-bond donors (Lipinski definition) is 2. The van der Waals surface area contributed by atoms with Crippen molar-refractivity contribution in [3.8, 4) is 0 Å². The zero-order chi connectivity index (χ0) is 12.9. The maximum Gasteiger partial charge on any atom is 0.191 e. The Balaban J connectivity index is 2.44. The molecule has 1 aliphatic rings. The lowest BCUT2D eigenvalue weighted by atomic mass is 9.93. The van der Waals surface area contributed by atoms with Gasteiger partial charge in [0.25, 0.3) is 0 Å². The maximum absolute atomic E-state index is 4.69. The van der Waals surface area contributed by atoms with Crippen LogP contribution in [0.5, 0.6) is 0 Å². The number of aliphatic imine (C=N–C) groups is 1. The molecule has 100 valence electrons. The first-order valence-corrected chi connectivity index (χ1v) is 6.62. The quantitative estimate of drug-likeness (QED) is 0.543. The fourth-order valence-electron chi connectivity index (χ4n) is 1.94. The highest BCUT2D eigenvalue weighted by atomic mass is 15.2. The number of nitrogens with zero attached hydrogens (tertiary/aromatic N) is 2. The van der Waals surface area contributed by atoms with E-state index in [0.717, 1.165) is 25.6 Å². The second kappa shape index (κ2) is 6.24. The number of rotatable bonds is 6. The van der Waals surface area contributed by atoms with E-state index in [1.54, 1.807) is 0 Å². The summed E-state index contributed by atoms with van der Waals surface area (Å²) in [6, 6.07) is 0.657. The monoisotopic (exact) mass is 240 g/mol. The molecule has 0 aliphatic heterocycles. The highest BCUT2D eigenvalue weighted by Gasteiger charge is 2.23. The zero-order valence-electron chi connectivity index (χ0n) is 12.0. The van der Waals surface area contributed by atoms with E-state index >= 15 is 0 Å². The lowest BCUT2D eigenvalue weighted by Crippen LogP contribution is -2.40. The molecule has 1 rings (SSSR count). The van der Waals surface area contributed by atoms with Crippen molar-refractivity contribution in [3.05, 3.63) is 0 Å². The van der Waals surface area contributed by atoms with Crippen LogP contribution in [-0.4, -0.2) is 50.6 Å². The van der Waals surface area contributed by atoms with Crippen LogP contribution in [0.4, 0.5) is 0 Å². The standard InChI is InChI=1S/C13H28N4/c1-6-14-12(16-11-7-8-11)15-9-13(2,3)10-17(4)5/h11H,6-10H2,1-5H3,(H2,14,15,16). The van der Waals surface area contributed by atoms with Gasteiger partial charge in [-0.2, -0.15) is 0 Å². The van der Waals surface area contributed by atoms with E-state index < -0.39 is 0 Å². The smallest absolute Gasteiger partial charge is 0.191 e. The zero-order valence-corrected chi connectivity index (χ0v) is 12.0. The molecule has 0 unspecified atom stereocenters. The van der Waals surface area contributed by atoms with Crippen LogP contribution in [0.3, 0.4) is 0 Å². The van der Waals surface area contributed by atoms with Gasteiger partial charge in [0.1, 0.15) is 0 Å². The fraction of sp³-hybridized carbons (Fsp3) is 0.923. The average molecular weight is 240 g/mol. The molecular weight excluding hydrogens is 212 g/mol. The summed E-state index contributed by atoms with van der Waals surface area (Å²) >= 11 is 0. The van der Waals surface area contributed by atoms with E-state index in [-0.39, 0.29) is 5.41 Å². The van der Waals surface area contributed by atoms with Gasteiger partial charge in [-0.05, 0) is 39.3 Å². The molecule has 0 atom stereocenters. The van der Waals surface area contributed by atoms with Gasteiger partial charge in [0.2, 0.25) is 0 Å². The van der Waals surface area contributed by atoms with Crippen LogP contribution in [0.15, 0.2) is 4.99 Å². The molecule has 0 aromatic heterocycles. The molecule has 0 amide bonds. The first kappa shape index (κ1) is 14.3. The van der Waals surface area contributed by atoms with Crippen molar-refractivity contribution in [2.24, 2.45) is 10.4 Å². The second-order valence-electron chi connectivity index (χ2n) is 6.02. The lowest BCUT2D eigenvalue weighted by molar-refractivity contribution is 0.248. The van der Waals surface area contributed by atoms with Crippen LogP contribution >= 0.6 is 0 Å². The van der Waals surface area contributed by atoms with Gasteiger partial charge in [0.05, 0.1) is 0 Å². The van der Waals surface area contributed by atoms with Gasteiger partial charge in [0.15, 0.2) is 5.96 Å². The lowest BCUT2D eigenvalue weighted by Gasteiger charge is -2.26. The first-order chi connectivity index (χ1) is 7.93. The summed E-state index contributed by atoms with van der Waals surface area (Å²) in [6.45, 7) is 9.46. The molecule has 4 nitrogen and oxygen atoms in total. The van der Waals surface area contributed by atoms with Gasteiger partial charge < -0.3 is 15.5 Å². The Morgan fingerprint density at radius 3 is 2.47 bits per heavy atom. The van der Waals surface area contributed by atoms with Crippen molar-refractivity contribution in [1.29, 1.82) is 0 Å². The molecule has 0 spiro atoms. The highest BCUT2D eigenvalue weighted by molar-refractivity contribution is 5.80. The topological polar surface area (TPSA) is 39.7 Å². The molecule has 1 aliphatic carbocycles. The molecule has 0 heterocycles. The Bertz CT molecular complexity index is 254. The second-order valence-corrected chi connectivity index (χ2v) is 6.02. The third kappa shape index (κ3) is 6.51. The van der Waals surface area contributed by atoms with Crippen molar-refractivity contribution < 1.29 is 0 Å². The fourth-order valence-corrected chi connectivity index (χ4v) is 1.94. The molecule has 2 N–H and O–H groups in total. The first-order valence-electron chi connectivity index (χ1n) is 6.62. The minimum atomic E-state index is 0.218. The van der Waals surface area contributed by atoms with Crippen molar-refractivity contribution in [1.82, 2.24) is 15.5 Å². The predicted octanol–water partition coefficient (Wildman–Crippen LogP) is 1.29. The molecule has 0 bridgehead atoms. The van der Waals surface area contributed by atoms with E-state index in [0.29, 0.717) is 6.04 Å². The highest BCUT2D eigenvalue weighted by Crippen LogP contribution is 2.19. The van der Waals surface area contributed by atoms with Crippen molar-refractivity contribution in [2.75, 3.05) is 33.7 Å². The molecule has 0 saturated heterocycles. The van der Waals surface area contributed by atoms with Crippen LogP contribution in [0.2, 0.25) is 0 Å². The van der Waals surface area contributed by atoms with E-state index in [1.807, 2.05) is 0 Å². The average Bonchev–Trinajstić information content (AvgIpc) is 2.96. The molecule has 0 aromatic rings.